The van der Waals surface area contributed by atoms with Gasteiger partial charge in [0.2, 0.25) is 0 Å². The summed E-state index contributed by atoms with van der Waals surface area (Å²) in [5.41, 5.74) is 1.93. The second kappa shape index (κ2) is 5.93. The molecule has 1 amide bonds. The molecule has 2 unspecified atom stereocenters. The highest BCUT2D eigenvalue weighted by molar-refractivity contribution is 5.95. The summed E-state index contributed by atoms with van der Waals surface area (Å²) in [6.07, 6.45) is 3.58. The first-order valence-corrected chi connectivity index (χ1v) is 6.85. The Morgan fingerprint density at radius 3 is 2.74 bits per heavy atom. The summed E-state index contributed by atoms with van der Waals surface area (Å²) < 4.78 is 0. The van der Waals surface area contributed by atoms with Gasteiger partial charge < -0.3 is 10.2 Å². The van der Waals surface area contributed by atoms with E-state index in [9.17, 15) is 4.79 Å². The van der Waals surface area contributed by atoms with Crippen molar-refractivity contribution in [3.05, 3.63) is 35.4 Å². The van der Waals surface area contributed by atoms with Crippen LogP contribution >= 0.6 is 12.4 Å². The highest BCUT2D eigenvalue weighted by Crippen LogP contribution is 2.22. The van der Waals surface area contributed by atoms with E-state index >= 15 is 0 Å². The Balaban J connectivity index is 0.00000133. The van der Waals surface area contributed by atoms with Crippen molar-refractivity contribution in [1.82, 2.24) is 10.2 Å². The number of benzene rings is 1. The fourth-order valence-electron chi connectivity index (χ4n) is 3.11. The van der Waals surface area contributed by atoms with Crippen molar-refractivity contribution in [2.45, 2.75) is 38.3 Å². The van der Waals surface area contributed by atoms with Gasteiger partial charge in [0.25, 0.3) is 5.91 Å². The van der Waals surface area contributed by atoms with Crippen LogP contribution in [0, 0.1) is 6.92 Å². The zero-order chi connectivity index (χ0) is 12.5. The van der Waals surface area contributed by atoms with E-state index < -0.39 is 0 Å². The van der Waals surface area contributed by atoms with Gasteiger partial charge in [0, 0.05) is 30.7 Å². The van der Waals surface area contributed by atoms with Gasteiger partial charge in [0.15, 0.2) is 0 Å². The Morgan fingerprint density at radius 2 is 1.95 bits per heavy atom. The van der Waals surface area contributed by atoms with E-state index in [0.717, 1.165) is 30.6 Å². The molecule has 1 aromatic carbocycles. The predicted molar refractivity (Wildman–Crippen MR) is 78.9 cm³/mol. The molecule has 3 rings (SSSR count). The van der Waals surface area contributed by atoms with Crippen LogP contribution in [0.2, 0.25) is 0 Å². The minimum atomic E-state index is 0. The zero-order valence-electron chi connectivity index (χ0n) is 11.3. The standard InChI is InChI=1S/C15H20N2O.ClH/c1-11-4-2-3-5-14(11)15(18)17-9-8-12-6-7-13(10-17)16-12;/h2-5,12-13,16H,6-10H2,1H3;1H. The first-order chi connectivity index (χ1) is 8.74. The molecule has 2 saturated heterocycles. The number of hydrogen-bond acceptors (Lipinski definition) is 2. The average molecular weight is 281 g/mol. The van der Waals surface area contributed by atoms with Crippen molar-refractivity contribution in [2.24, 2.45) is 0 Å². The smallest absolute Gasteiger partial charge is 0.254 e. The van der Waals surface area contributed by atoms with Crippen molar-refractivity contribution in [3.8, 4) is 0 Å². The van der Waals surface area contributed by atoms with Gasteiger partial charge in [0.05, 0.1) is 0 Å². The summed E-state index contributed by atoms with van der Waals surface area (Å²) >= 11 is 0. The van der Waals surface area contributed by atoms with Gasteiger partial charge in [-0.3, -0.25) is 4.79 Å². The molecule has 3 nitrogen and oxygen atoms in total. The molecule has 1 N–H and O–H groups in total. The highest BCUT2D eigenvalue weighted by Gasteiger charge is 2.31. The summed E-state index contributed by atoms with van der Waals surface area (Å²) in [5, 5.41) is 3.61. The van der Waals surface area contributed by atoms with E-state index in [4.69, 9.17) is 0 Å². The molecular weight excluding hydrogens is 260 g/mol. The number of rotatable bonds is 1. The maximum Gasteiger partial charge on any atom is 0.254 e. The fraction of sp³-hybridized carbons (Fsp3) is 0.533. The number of carbonyl (C=O) groups excluding carboxylic acids is 1. The van der Waals surface area contributed by atoms with Crippen molar-refractivity contribution in [1.29, 1.82) is 0 Å². The van der Waals surface area contributed by atoms with Gasteiger partial charge in [0.1, 0.15) is 0 Å². The number of nitrogens with one attached hydrogen (secondary N) is 1. The van der Waals surface area contributed by atoms with Crippen LogP contribution in [0.4, 0.5) is 0 Å². The van der Waals surface area contributed by atoms with Gasteiger partial charge >= 0.3 is 0 Å². The molecule has 2 bridgehead atoms. The van der Waals surface area contributed by atoms with Crippen LogP contribution in [0.25, 0.3) is 0 Å². The number of halogens is 1. The first-order valence-electron chi connectivity index (χ1n) is 6.85. The topological polar surface area (TPSA) is 32.3 Å². The average Bonchev–Trinajstić information content (AvgIpc) is 2.69. The molecule has 2 aliphatic rings. The number of amides is 1. The predicted octanol–water partition coefficient (Wildman–Crippen LogP) is 2.38. The van der Waals surface area contributed by atoms with E-state index in [-0.39, 0.29) is 18.3 Å². The Bertz CT molecular complexity index is 463. The molecule has 1 aromatic rings. The van der Waals surface area contributed by atoms with Gasteiger partial charge in [-0.25, -0.2) is 0 Å². The molecule has 2 heterocycles. The molecule has 0 saturated carbocycles. The third kappa shape index (κ3) is 2.93. The normalized spacial score (nSPS) is 25.6. The van der Waals surface area contributed by atoms with E-state index in [2.05, 4.69) is 5.32 Å². The lowest BCUT2D eigenvalue weighted by atomic mass is 10.0. The number of hydrogen-bond donors (Lipinski definition) is 1. The van der Waals surface area contributed by atoms with Crippen LogP contribution in [0.3, 0.4) is 0 Å². The molecule has 0 aliphatic carbocycles. The molecule has 19 heavy (non-hydrogen) atoms. The van der Waals surface area contributed by atoms with Gasteiger partial charge in [-0.2, -0.15) is 0 Å². The molecule has 0 radical (unpaired) electrons. The maximum absolute atomic E-state index is 12.5. The minimum Gasteiger partial charge on any atom is -0.337 e. The lowest BCUT2D eigenvalue weighted by Crippen LogP contribution is -2.39. The summed E-state index contributed by atoms with van der Waals surface area (Å²) in [4.78, 5) is 14.6. The molecule has 4 heteroatoms. The second-order valence-corrected chi connectivity index (χ2v) is 5.49. The number of nitrogens with zero attached hydrogens (tertiary/aromatic N) is 1. The molecule has 0 spiro atoms. The van der Waals surface area contributed by atoms with Crippen LogP contribution in [0.15, 0.2) is 24.3 Å². The third-order valence-corrected chi connectivity index (χ3v) is 4.19. The SMILES string of the molecule is Cc1ccccc1C(=O)N1CCC2CCC(C1)N2.Cl. The van der Waals surface area contributed by atoms with E-state index in [0.29, 0.717) is 12.1 Å². The van der Waals surface area contributed by atoms with Crippen LogP contribution in [0.5, 0.6) is 0 Å². The first kappa shape index (κ1) is 14.4. The van der Waals surface area contributed by atoms with Crippen LogP contribution in [-0.2, 0) is 0 Å². The van der Waals surface area contributed by atoms with Crippen molar-refractivity contribution < 1.29 is 4.79 Å². The van der Waals surface area contributed by atoms with Crippen molar-refractivity contribution in [3.63, 3.8) is 0 Å². The van der Waals surface area contributed by atoms with Gasteiger partial charge in [-0.1, -0.05) is 18.2 Å². The Morgan fingerprint density at radius 1 is 1.21 bits per heavy atom. The van der Waals surface area contributed by atoms with Crippen molar-refractivity contribution >= 4 is 18.3 Å². The highest BCUT2D eigenvalue weighted by atomic mass is 35.5. The second-order valence-electron chi connectivity index (χ2n) is 5.49. The number of likely N-dealkylation sites (tertiary alicyclic amines) is 1. The summed E-state index contributed by atoms with van der Waals surface area (Å²) in [7, 11) is 0. The quantitative estimate of drug-likeness (QED) is 0.857. The molecule has 2 aliphatic heterocycles. The lowest BCUT2D eigenvalue weighted by Gasteiger charge is -2.25. The number of fused-ring (bicyclic) bond motifs is 2. The summed E-state index contributed by atoms with van der Waals surface area (Å²) in [6, 6.07) is 9.01. The Hall–Kier alpha value is -1.06. The zero-order valence-corrected chi connectivity index (χ0v) is 12.1. The van der Waals surface area contributed by atoms with Gasteiger partial charge in [-0.05, 0) is 37.8 Å². The molecule has 2 fully saturated rings. The Kier molecular flexibility index (Phi) is 4.48. The largest absolute Gasteiger partial charge is 0.337 e. The number of aryl methyl sites for hydroxylation is 1. The van der Waals surface area contributed by atoms with Crippen LogP contribution in [-0.4, -0.2) is 36.0 Å². The van der Waals surface area contributed by atoms with E-state index in [1.54, 1.807) is 0 Å². The monoisotopic (exact) mass is 280 g/mol. The summed E-state index contributed by atoms with van der Waals surface area (Å²) in [5.74, 6) is 0.197. The minimum absolute atomic E-state index is 0. The molecule has 0 aromatic heterocycles. The number of carbonyl (C=O) groups is 1. The van der Waals surface area contributed by atoms with E-state index in [1.807, 2.05) is 36.1 Å². The third-order valence-electron chi connectivity index (χ3n) is 4.19. The molecule has 2 atom stereocenters. The molecular formula is C15H21ClN2O. The Labute approximate surface area is 120 Å². The van der Waals surface area contributed by atoms with Gasteiger partial charge in [-0.15, -0.1) is 12.4 Å². The van der Waals surface area contributed by atoms with Crippen molar-refractivity contribution in [2.75, 3.05) is 13.1 Å². The maximum atomic E-state index is 12.5. The fourth-order valence-corrected chi connectivity index (χ4v) is 3.11. The van der Waals surface area contributed by atoms with Crippen LogP contribution < -0.4 is 5.32 Å². The molecule has 104 valence electrons. The van der Waals surface area contributed by atoms with E-state index in [1.165, 1.54) is 12.8 Å². The van der Waals surface area contributed by atoms with Crippen LogP contribution in [0.1, 0.15) is 35.2 Å². The summed E-state index contributed by atoms with van der Waals surface area (Å²) in [6.45, 7) is 3.76. The lowest BCUT2D eigenvalue weighted by molar-refractivity contribution is 0.0747.